The maximum Gasteiger partial charge on any atom is 0.228 e. The van der Waals surface area contributed by atoms with Crippen LogP contribution >= 0.6 is 0 Å². The van der Waals surface area contributed by atoms with Crippen molar-refractivity contribution in [2.45, 2.75) is 6.42 Å². The number of nitrogens with two attached hydrogens (primary N) is 1. The lowest BCUT2D eigenvalue weighted by molar-refractivity contribution is -0.115. The minimum atomic E-state index is 0.0526. The molecule has 2 heterocycles. The molecule has 0 radical (unpaired) electrons. The van der Waals surface area contributed by atoms with Crippen LogP contribution in [0.5, 0.6) is 0 Å². The quantitative estimate of drug-likeness (QED) is 0.604. The summed E-state index contributed by atoms with van der Waals surface area (Å²) < 4.78 is 0. The highest BCUT2D eigenvalue weighted by molar-refractivity contribution is 6.00. The van der Waals surface area contributed by atoms with Crippen LogP contribution < -0.4 is 21.3 Å². The SMILES string of the molecule is Nc1cc2c(cc1N1CCNCC1)NC(=O)C2. The molecule has 0 aromatic heterocycles. The first-order chi connectivity index (χ1) is 8.24. The molecule has 5 heteroatoms. The van der Waals surface area contributed by atoms with Gasteiger partial charge in [-0.25, -0.2) is 0 Å². The number of amides is 1. The predicted octanol–water partition coefficient (Wildman–Crippen LogP) is 0.173. The van der Waals surface area contributed by atoms with E-state index in [4.69, 9.17) is 5.73 Å². The molecule has 2 aliphatic heterocycles. The highest BCUT2D eigenvalue weighted by atomic mass is 16.1. The molecule has 0 aliphatic carbocycles. The largest absolute Gasteiger partial charge is 0.397 e. The molecule has 1 amide bonds. The van der Waals surface area contributed by atoms with Gasteiger partial charge in [-0.05, 0) is 17.7 Å². The summed E-state index contributed by atoms with van der Waals surface area (Å²) >= 11 is 0. The van der Waals surface area contributed by atoms with E-state index in [2.05, 4.69) is 15.5 Å². The molecule has 0 unspecified atom stereocenters. The Morgan fingerprint density at radius 2 is 2.00 bits per heavy atom. The summed E-state index contributed by atoms with van der Waals surface area (Å²) in [6.07, 6.45) is 0.446. The van der Waals surface area contributed by atoms with Gasteiger partial charge in [0.1, 0.15) is 0 Å². The number of hydrogen-bond donors (Lipinski definition) is 3. The average Bonchev–Trinajstić information content (AvgIpc) is 2.68. The first-order valence-corrected chi connectivity index (χ1v) is 5.92. The zero-order valence-corrected chi connectivity index (χ0v) is 9.62. The topological polar surface area (TPSA) is 70.4 Å². The van der Waals surface area contributed by atoms with Crippen molar-refractivity contribution < 1.29 is 4.79 Å². The summed E-state index contributed by atoms with van der Waals surface area (Å²) in [7, 11) is 0. The van der Waals surface area contributed by atoms with Crippen LogP contribution in [0.4, 0.5) is 17.1 Å². The fraction of sp³-hybridized carbons (Fsp3) is 0.417. The molecule has 1 aromatic rings. The summed E-state index contributed by atoms with van der Waals surface area (Å²) in [5.74, 6) is 0.0526. The third kappa shape index (κ3) is 1.82. The van der Waals surface area contributed by atoms with E-state index in [0.29, 0.717) is 6.42 Å². The lowest BCUT2D eigenvalue weighted by atomic mass is 10.1. The van der Waals surface area contributed by atoms with E-state index in [-0.39, 0.29) is 5.91 Å². The molecule has 1 saturated heterocycles. The Kier molecular flexibility index (Phi) is 2.40. The van der Waals surface area contributed by atoms with Gasteiger partial charge in [-0.3, -0.25) is 4.79 Å². The van der Waals surface area contributed by atoms with E-state index in [1.54, 1.807) is 0 Å². The molecule has 0 spiro atoms. The molecule has 3 rings (SSSR count). The third-order valence-corrected chi connectivity index (χ3v) is 3.34. The van der Waals surface area contributed by atoms with Gasteiger partial charge >= 0.3 is 0 Å². The zero-order valence-electron chi connectivity index (χ0n) is 9.62. The van der Waals surface area contributed by atoms with E-state index in [0.717, 1.165) is 48.8 Å². The lowest BCUT2D eigenvalue weighted by Crippen LogP contribution is -2.43. The summed E-state index contributed by atoms with van der Waals surface area (Å²) in [6.45, 7) is 3.86. The molecule has 90 valence electrons. The normalized spacial score (nSPS) is 19.1. The Bertz CT molecular complexity index is 466. The van der Waals surface area contributed by atoms with Gasteiger partial charge in [-0.2, -0.15) is 0 Å². The summed E-state index contributed by atoms with van der Waals surface area (Å²) in [5, 5.41) is 6.18. The number of fused-ring (bicyclic) bond motifs is 1. The van der Waals surface area contributed by atoms with E-state index in [9.17, 15) is 4.79 Å². The van der Waals surface area contributed by atoms with Gasteiger partial charge in [0.2, 0.25) is 5.91 Å². The summed E-state index contributed by atoms with van der Waals surface area (Å²) in [5.41, 5.74) is 9.79. The van der Waals surface area contributed by atoms with Gasteiger partial charge < -0.3 is 21.3 Å². The number of benzene rings is 1. The molecule has 2 aliphatic rings. The highest BCUT2D eigenvalue weighted by Crippen LogP contribution is 2.33. The smallest absolute Gasteiger partial charge is 0.228 e. The number of carbonyl (C=O) groups is 1. The number of anilines is 3. The molecule has 5 nitrogen and oxygen atoms in total. The number of nitrogen functional groups attached to an aromatic ring is 1. The second-order valence-electron chi connectivity index (χ2n) is 4.53. The van der Waals surface area contributed by atoms with Crippen molar-refractivity contribution in [2.24, 2.45) is 0 Å². The third-order valence-electron chi connectivity index (χ3n) is 3.34. The minimum absolute atomic E-state index is 0.0526. The van der Waals surface area contributed by atoms with Gasteiger partial charge in [-0.1, -0.05) is 0 Å². The zero-order chi connectivity index (χ0) is 11.8. The Labute approximate surface area is 100.0 Å². The number of nitrogens with zero attached hydrogens (tertiary/aromatic N) is 1. The number of nitrogens with one attached hydrogen (secondary N) is 2. The van der Waals surface area contributed by atoms with Crippen molar-refractivity contribution in [2.75, 3.05) is 42.1 Å². The number of hydrogen-bond acceptors (Lipinski definition) is 4. The fourth-order valence-corrected chi connectivity index (χ4v) is 2.46. The number of piperazine rings is 1. The van der Waals surface area contributed by atoms with Gasteiger partial charge in [-0.15, -0.1) is 0 Å². The van der Waals surface area contributed by atoms with E-state index in [1.165, 1.54) is 0 Å². The van der Waals surface area contributed by atoms with Crippen LogP contribution in [-0.2, 0) is 11.2 Å². The first kappa shape index (κ1) is 10.4. The molecule has 0 saturated carbocycles. The van der Waals surface area contributed by atoms with Crippen molar-refractivity contribution in [3.63, 3.8) is 0 Å². The highest BCUT2D eigenvalue weighted by Gasteiger charge is 2.21. The Morgan fingerprint density at radius 3 is 2.76 bits per heavy atom. The van der Waals surface area contributed by atoms with Crippen LogP contribution in [0.15, 0.2) is 12.1 Å². The van der Waals surface area contributed by atoms with Gasteiger partial charge in [0.05, 0.1) is 17.8 Å². The summed E-state index contributed by atoms with van der Waals surface area (Å²) in [6, 6.07) is 3.92. The van der Waals surface area contributed by atoms with Gasteiger partial charge in [0.25, 0.3) is 0 Å². The molecule has 1 fully saturated rings. The van der Waals surface area contributed by atoms with E-state index >= 15 is 0 Å². The molecule has 1 aromatic carbocycles. The van der Waals surface area contributed by atoms with Crippen LogP contribution in [0.3, 0.4) is 0 Å². The van der Waals surface area contributed by atoms with Crippen LogP contribution in [0.1, 0.15) is 5.56 Å². The Hall–Kier alpha value is -1.75. The Morgan fingerprint density at radius 1 is 1.24 bits per heavy atom. The maximum atomic E-state index is 11.3. The summed E-state index contributed by atoms with van der Waals surface area (Å²) in [4.78, 5) is 13.6. The van der Waals surface area contributed by atoms with Crippen molar-refractivity contribution in [3.05, 3.63) is 17.7 Å². The van der Waals surface area contributed by atoms with Crippen molar-refractivity contribution >= 4 is 23.0 Å². The van der Waals surface area contributed by atoms with Crippen molar-refractivity contribution in [1.82, 2.24) is 5.32 Å². The standard InChI is InChI=1S/C12H16N4O/c13-9-5-8-6-12(17)15-10(8)7-11(9)16-3-1-14-2-4-16/h5,7,14H,1-4,6,13H2,(H,15,17). The van der Waals surface area contributed by atoms with Gasteiger partial charge in [0, 0.05) is 31.9 Å². The van der Waals surface area contributed by atoms with E-state index < -0.39 is 0 Å². The molecule has 0 atom stereocenters. The number of rotatable bonds is 1. The minimum Gasteiger partial charge on any atom is -0.397 e. The van der Waals surface area contributed by atoms with Crippen LogP contribution in [0.25, 0.3) is 0 Å². The van der Waals surface area contributed by atoms with Crippen LogP contribution in [-0.4, -0.2) is 32.1 Å². The second kappa shape index (κ2) is 3.92. The predicted molar refractivity (Wildman–Crippen MR) is 68.3 cm³/mol. The molecule has 17 heavy (non-hydrogen) atoms. The Balaban J connectivity index is 1.95. The van der Waals surface area contributed by atoms with Gasteiger partial charge in [0.15, 0.2) is 0 Å². The first-order valence-electron chi connectivity index (χ1n) is 5.92. The van der Waals surface area contributed by atoms with Crippen LogP contribution in [0.2, 0.25) is 0 Å². The molecule has 4 N–H and O–H groups in total. The van der Waals surface area contributed by atoms with Crippen molar-refractivity contribution in [1.29, 1.82) is 0 Å². The van der Waals surface area contributed by atoms with Crippen molar-refractivity contribution in [3.8, 4) is 0 Å². The maximum absolute atomic E-state index is 11.3. The number of carbonyl (C=O) groups excluding carboxylic acids is 1. The van der Waals surface area contributed by atoms with Crippen LogP contribution in [0, 0.1) is 0 Å². The monoisotopic (exact) mass is 232 g/mol. The average molecular weight is 232 g/mol. The van der Waals surface area contributed by atoms with E-state index in [1.807, 2.05) is 12.1 Å². The second-order valence-corrected chi connectivity index (χ2v) is 4.53. The lowest BCUT2D eigenvalue weighted by Gasteiger charge is -2.30. The fourth-order valence-electron chi connectivity index (χ4n) is 2.46. The molecular formula is C12H16N4O. The molecule has 0 bridgehead atoms. The molecular weight excluding hydrogens is 216 g/mol.